The number of sulfonamides is 1. The Balaban J connectivity index is 1.69. The van der Waals surface area contributed by atoms with Gasteiger partial charge in [0.05, 0.1) is 18.0 Å². The fraction of sp³-hybridized carbons (Fsp3) is 0.700. The highest BCUT2D eigenvalue weighted by molar-refractivity contribution is 7.89. The molecule has 3 rings (SSSR count). The van der Waals surface area contributed by atoms with Gasteiger partial charge in [0, 0.05) is 31.6 Å². The van der Waals surface area contributed by atoms with Crippen molar-refractivity contribution in [3.8, 4) is 5.75 Å². The number of aryl methyl sites for hydroxylation is 1. The van der Waals surface area contributed by atoms with E-state index in [1.54, 1.807) is 4.31 Å². The van der Waals surface area contributed by atoms with Gasteiger partial charge in [-0.05, 0) is 43.2 Å². The van der Waals surface area contributed by atoms with E-state index in [2.05, 4.69) is 0 Å². The van der Waals surface area contributed by atoms with Crippen molar-refractivity contribution in [2.45, 2.75) is 58.2 Å². The van der Waals surface area contributed by atoms with Crippen LogP contribution in [0.4, 0.5) is 0 Å². The molecule has 1 aromatic carbocycles. The molecule has 0 saturated carbocycles. The van der Waals surface area contributed by atoms with Crippen molar-refractivity contribution >= 4 is 10.0 Å². The number of nitrogens with two attached hydrogens (primary N) is 1. The lowest BCUT2D eigenvalue weighted by molar-refractivity contribution is -0.0612. The Labute approximate surface area is 162 Å². The number of ether oxygens (including phenoxy) is 1. The average molecular weight is 397 g/mol. The van der Waals surface area contributed by atoms with Gasteiger partial charge in [-0.3, -0.25) is 0 Å². The van der Waals surface area contributed by atoms with E-state index in [0.29, 0.717) is 38.2 Å². The lowest BCUT2D eigenvalue weighted by Gasteiger charge is -2.40. The number of hydrogen-bond donors (Lipinski definition) is 2. The number of benzene rings is 1. The predicted molar refractivity (Wildman–Crippen MR) is 106 cm³/mol. The minimum Gasteiger partial charge on any atom is -0.507 e. The Morgan fingerprint density at radius 3 is 2.63 bits per heavy atom. The molecule has 0 aliphatic carbocycles. The minimum atomic E-state index is -3.14. The zero-order chi connectivity index (χ0) is 19.6. The van der Waals surface area contributed by atoms with Crippen LogP contribution in [-0.4, -0.2) is 49.3 Å². The van der Waals surface area contributed by atoms with Gasteiger partial charge in [-0.1, -0.05) is 25.5 Å². The van der Waals surface area contributed by atoms with Gasteiger partial charge < -0.3 is 15.6 Å². The van der Waals surface area contributed by atoms with Crippen molar-refractivity contribution in [3.63, 3.8) is 0 Å². The van der Waals surface area contributed by atoms with Gasteiger partial charge in [0.2, 0.25) is 10.0 Å². The predicted octanol–water partition coefficient (Wildman–Crippen LogP) is 2.48. The molecule has 0 spiro atoms. The second-order valence-electron chi connectivity index (χ2n) is 7.81. The number of fused-ring (bicyclic) bond motifs is 1. The van der Waals surface area contributed by atoms with Crippen molar-refractivity contribution < 1.29 is 18.3 Å². The molecule has 1 aromatic rings. The van der Waals surface area contributed by atoms with Gasteiger partial charge in [-0.25, -0.2) is 12.7 Å². The third-order valence-corrected chi connectivity index (χ3v) is 7.96. The van der Waals surface area contributed by atoms with Gasteiger partial charge in [0.1, 0.15) is 5.75 Å². The molecule has 1 fully saturated rings. The highest BCUT2D eigenvalue weighted by Gasteiger charge is 2.37. The largest absolute Gasteiger partial charge is 0.507 e. The summed E-state index contributed by atoms with van der Waals surface area (Å²) in [6, 6.07) is 3.90. The quantitative estimate of drug-likeness (QED) is 0.771. The molecule has 6 nitrogen and oxygen atoms in total. The van der Waals surface area contributed by atoms with Crippen LogP contribution in [0.2, 0.25) is 0 Å². The first-order chi connectivity index (χ1) is 12.9. The normalized spacial score (nSPS) is 24.7. The summed E-state index contributed by atoms with van der Waals surface area (Å²) in [5.41, 5.74) is 8.72. The fourth-order valence-electron chi connectivity index (χ4n) is 4.26. The summed E-state index contributed by atoms with van der Waals surface area (Å²) in [5, 5.41) is 10.5. The summed E-state index contributed by atoms with van der Waals surface area (Å²) in [7, 11) is -3.14. The lowest BCUT2D eigenvalue weighted by atomic mass is 9.83. The maximum absolute atomic E-state index is 12.4. The van der Waals surface area contributed by atoms with E-state index in [1.807, 2.05) is 26.0 Å². The van der Waals surface area contributed by atoms with Crippen molar-refractivity contribution in [1.82, 2.24) is 4.31 Å². The fourth-order valence-corrected chi connectivity index (χ4v) is 5.94. The zero-order valence-corrected chi connectivity index (χ0v) is 17.2. The van der Waals surface area contributed by atoms with Crippen LogP contribution in [0.15, 0.2) is 12.1 Å². The van der Waals surface area contributed by atoms with Crippen LogP contribution in [0, 0.1) is 12.8 Å². The van der Waals surface area contributed by atoms with Crippen molar-refractivity contribution in [1.29, 1.82) is 0 Å². The monoisotopic (exact) mass is 396 g/mol. The molecule has 0 unspecified atom stereocenters. The molecule has 0 bridgehead atoms. The van der Waals surface area contributed by atoms with Crippen molar-refractivity contribution in [3.05, 3.63) is 28.8 Å². The van der Waals surface area contributed by atoms with E-state index >= 15 is 0 Å². The molecule has 2 heterocycles. The molecule has 152 valence electrons. The van der Waals surface area contributed by atoms with Crippen molar-refractivity contribution in [2.75, 3.05) is 25.4 Å². The summed E-state index contributed by atoms with van der Waals surface area (Å²) in [6.45, 7) is 5.38. The minimum absolute atomic E-state index is 0.0285. The van der Waals surface area contributed by atoms with E-state index in [-0.39, 0.29) is 23.9 Å². The van der Waals surface area contributed by atoms with Crippen LogP contribution in [0.25, 0.3) is 0 Å². The van der Waals surface area contributed by atoms with Crippen LogP contribution in [-0.2, 0) is 21.2 Å². The second kappa shape index (κ2) is 8.47. The number of phenols is 1. The van der Waals surface area contributed by atoms with Gasteiger partial charge in [-0.2, -0.15) is 0 Å². The van der Waals surface area contributed by atoms with Crippen LogP contribution < -0.4 is 5.73 Å². The lowest BCUT2D eigenvalue weighted by Crippen LogP contribution is -2.44. The average Bonchev–Trinajstić information content (AvgIpc) is 2.68. The maximum Gasteiger partial charge on any atom is 0.214 e. The summed E-state index contributed by atoms with van der Waals surface area (Å²) in [4.78, 5) is 0. The van der Waals surface area contributed by atoms with Crippen LogP contribution in [0.1, 0.15) is 55.4 Å². The van der Waals surface area contributed by atoms with Crippen molar-refractivity contribution in [2.24, 2.45) is 11.7 Å². The van der Waals surface area contributed by atoms with E-state index in [0.717, 1.165) is 36.0 Å². The first kappa shape index (κ1) is 20.6. The molecule has 0 amide bonds. The highest BCUT2D eigenvalue weighted by Crippen LogP contribution is 2.40. The number of unbranched alkanes of at least 4 members (excludes halogenated alkanes) is 1. The Morgan fingerprint density at radius 1 is 1.30 bits per heavy atom. The molecular weight excluding hydrogens is 364 g/mol. The number of hydrogen-bond acceptors (Lipinski definition) is 5. The molecule has 1 saturated heterocycles. The molecule has 27 heavy (non-hydrogen) atoms. The molecule has 2 aliphatic rings. The smallest absolute Gasteiger partial charge is 0.214 e. The molecule has 2 aliphatic heterocycles. The first-order valence-electron chi connectivity index (χ1n) is 10.0. The Bertz CT molecular complexity index is 757. The number of nitrogens with zero attached hydrogens (tertiary/aromatic N) is 1. The standard InChI is InChI=1S/C20H32N2O4S/c1-3-4-11-27(24,25)22-9-7-15(8-10-22)18-12-17-16(19(13-21)26-18)6-5-14(2)20(17)23/h5-6,15,18-19,23H,3-4,7-13,21H2,1-2H3/t18-,19-/m0/s1. The van der Waals surface area contributed by atoms with Gasteiger partial charge in [0.25, 0.3) is 0 Å². The van der Waals surface area contributed by atoms with E-state index < -0.39 is 10.0 Å². The SMILES string of the molecule is CCCCS(=O)(=O)N1CCC([C@@H]2Cc3c(ccc(C)c3O)[C@H](CN)O2)CC1. The third-order valence-electron chi connectivity index (χ3n) is 6.00. The summed E-state index contributed by atoms with van der Waals surface area (Å²) < 4.78 is 32.7. The van der Waals surface area contributed by atoms with Gasteiger partial charge in [0.15, 0.2) is 0 Å². The number of piperidine rings is 1. The third kappa shape index (κ3) is 4.31. The topological polar surface area (TPSA) is 92.9 Å². The molecule has 2 atom stereocenters. The van der Waals surface area contributed by atoms with Crippen LogP contribution >= 0.6 is 0 Å². The number of rotatable bonds is 6. The van der Waals surface area contributed by atoms with E-state index in [1.165, 1.54) is 0 Å². The van der Waals surface area contributed by atoms with E-state index in [9.17, 15) is 13.5 Å². The molecule has 7 heteroatoms. The Hall–Kier alpha value is -1.15. The second-order valence-corrected chi connectivity index (χ2v) is 9.90. The molecule has 0 radical (unpaired) electrons. The Morgan fingerprint density at radius 2 is 2.00 bits per heavy atom. The highest BCUT2D eigenvalue weighted by atomic mass is 32.2. The summed E-state index contributed by atoms with van der Waals surface area (Å²) >= 11 is 0. The Kier molecular flexibility index (Phi) is 6.46. The first-order valence-corrected chi connectivity index (χ1v) is 11.6. The number of phenolic OH excluding ortho intramolecular Hbond substituents is 1. The van der Waals surface area contributed by atoms with Gasteiger partial charge >= 0.3 is 0 Å². The van der Waals surface area contributed by atoms with Crippen LogP contribution in [0.3, 0.4) is 0 Å². The van der Waals surface area contributed by atoms with E-state index in [4.69, 9.17) is 10.5 Å². The zero-order valence-electron chi connectivity index (χ0n) is 16.4. The van der Waals surface area contributed by atoms with Crippen LogP contribution in [0.5, 0.6) is 5.75 Å². The molecule has 0 aromatic heterocycles. The van der Waals surface area contributed by atoms with Gasteiger partial charge in [-0.15, -0.1) is 0 Å². The summed E-state index contributed by atoms with van der Waals surface area (Å²) in [5.74, 6) is 0.868. The number of aromatic hydroxyl groups is 1. The molecular formula is C20H32N2O4S. The maximum atomic E-state index is 12.4. The summed E-state index contributed by atoms with van der Waals surface area (Å²) in [6.07, 6.45) is 3.59. The molecule has 3 N–H and O–H groups in total.